The molecule has 4 aromatic rings. The van der Waals surface area contributed by atoms with E-state index in [1.807, 2.05) is 12.1 Å². The van der Waals surface area contributed by atoms with Gasteiger partial charge in [-0.25, -0.2) is 16.8 Å². The molecule has 0 N–H and O–H groups in total. The van der Waals surface area contributed by atoms with Gasteiger partial charge in [0.2, 0.25) is 0 Å². The van der Waals surface area contributed by atoms with Crippen molar-refractivity contribution in [1.29, 1.82) is 0 Å². The number of nitrogens with zero attached hydrogens (tertiary/aromatic N) is 1. The summed E-state index contributed by atoms with van der Waals surface area (Å²) >= 11 is 0. The summed E-state index contributed by atoms with van der Waals surface area (Å²) in [6.45, 7) is 3.61. The maximum Gasteiger partial charge on any atom is 0.277 e. The molecule has 1 aliphatic carbocycles. The van der Waals surface area contributed by atoms with E-state index in [0.29, 0.717) is 14.8 Å². The second-order valence-corrected chi connectivity index (χ2v) is 12.2. The zero-order valence-corrected chi connectivity index (χ0v) is 20.6. The van der Waals surface area contributed by atoms with Crippen LogP contribution in [0.15, 0.2) is 101 Å². The largest absolute Gasteiger partial charge is 0.289 e. The van der Waals surface area contributed by atoms with Crippen LogP contribution >= 0.6 is 0 Å². The first-order valence-corrected chi connectivity index (χ1v) is 13.7. The number of sulfonamides is 2. The van der Waals surface area contributed by atoms with Crippen molar-refractivity contribution in [2.45, 2.75) is 23.6 Å². The summed E-state index contributed by atoms with van der Waals surface area (Å²) in [5.74, 6) is -0.280. The van der Waals surface area contributed by atoms with Crippen molar-refractivity contribution in [1.82, 2.24) is 0 Å². The molecular weight excluding hydrogens is 482 g/mol. The summed E-state index contributed by atoms with van der Waals surface area (Å²) < 4.78 is 55.6. The average molecular weight is 504 g/mol. The molecule has 4 aromatic carbocycles. The molecule has 6 nitrogen and oxygen atoms in total. The van der Waals surface area contributed by atoms with Gasteiger partial charge in [-0.2, -0.15) is 3.71 Å². The van der Waals surface area contributed by atoms with E-state index in [4.69, 9.17) is 0 Å². The highest BCUT2D eigenvalue weighted by Gasteiger charge is 2.38. The average Bonchev–Trinajstić information content (AvgIpc) is 3.11. The Kier molecular flexibility index (Phi) is 5.38. The van der Waals surface area contributed by atoms with Gasteiger partial charge in [0.25, 0.3) is 20.0 Å². The molecule has 0 amide bonds. The fraction of sp³-hybridized carbons (Fsp3) is 0.0741. The normalized spacial score (nSPS) is 12.8. The number of rotatable bonds is 5. The molecule has 0 bridgehead atoms. The van der Waals surface area contributed by atoms with Crippen LogP contribution < -0.4 is 3.71 Å². The van der Waals surface area contributed by atoms with Crippen LogP contribution in [0.2, 0.25) is 0 Å². The third kappa shape index (κ3) is 3.75. The maximum absolute atomic E-state index is 13.8. The smallest absolute Gasteiger partial charge is 0.277 e. The first kappa shape index (κ1) is 23.0. The van der Waals surface area contributed by atoms with Crippen molar-refractivity contribution in [3.05, 3.63) is 113 Å². The number of benzene rings is 4. The fourth-order valence-corrected chi connectivity index (χ4v) is 7.82. The van der Waals surface area contributed by atoms with E-state index in [9.17, 15) is 21.6 Å². The molecule has 0 atom stereocenters. The first-order valence-electron chi connectivity index (χ1n) is 10.8. The van der Waals surface area contributed by atoms with E-state index in [0.717, 1.165) is 16.7 Å². The first-order chi connectivity index (χ1) is 16.6. The highest BCUT2D eigenvalue weighted by atomic mass is 32.3. The molecule has 0 aromatic heterocycles. The summed E-state index contributed by atoms with van der Waals surface area (Å²) in [5.41, 5.74) is 3.64. The van der Waals surface area contributed by atoms with Gasteiger partial charge in [-0.3, -0.25) is 4.79 Å². The number of hydrogen-bond acceptors (Lipinski definition) is 5. The summed E-state index contributed by atoms with van der Waals surface area (Å²) in [5, 5.41) is 0. The Hall–Kier alpha value is -3.75. The van der Waals surface area contributed by atoms with E-state index in [1.165, 1.54) is 36.4 Å². The molecule has 176 valence electrons. The van der Waals surface area contributed by atoms with E-state index >= 15 is 0 Å². The minimum atomic E-state index is -4.56. The van der Waals surface area contributed by atoms with Gasteiger partial charge in [-0.05, 0) is 61.4 Å². The molecule has 0 unspecified atom stereocenters. The monoisotopic (exact) mass is 503 g/mol. The Labute approximate surface area is 204 Å². The number of hydrogen-bond donors (Lipinski definition) is 0. The van der Waals surface area contributed by atoms with E-state index in [1.54, 1.807) is 56.3 Å². The predicted octanol–water partition coefficient (Wildman–Crippen LogP) is 5.10. The van der Waals surface area contributed by atoms with Crippen molar-refractivity contribution in [3.8, 4) is 11.1 Å². The van der Waals surface area contributed by atoms with Crippen LogP contribution in [0.3, 0.4) is 0 Å². The number of ketones is 1. The number of aryl methyl sites for hydroxylation is 2. The van der Waals surface area contributed by atoms with E-state index < -0.39 is 20.0 Å². The summed E-state index contributed by atoms with van der Waals surface area (Å²) in [6, 6.07) is 23.3. The molecular formula is C27H21NO5S2. The van der Waals surface area contributed by atoms with Crippen LogP contribution in [0.5, 0.6) is 0 Å². The molecule has 0 fully saturated rings. The number of carbonyl (C=O) groups is 1. The van der Waals surface area contributed by atoms with Crippen molar-refractivity contribution < 1.29 is 21.6 Å². The Balaban J connectivity index is 1.73. The quantitative estimate of drug-likeness (QED) is 0.333. The van der Waals surface area contributed by atoms with Gasteiger partial charge in [-0.15, -0.1) is 0 Å². The number of anilines is 1. The highest BCUT2D eigenvalue weighted by molar-refractivity contribution is 8.10. The van der Waals surface area contributed by atoms with Crippen LogP contribution in [0.1, 0.15) is 27.0 Å². The van der Waals surface area contributed by atoms with Crippen LogP contribution in [0, 0.1) is 13.8 Å². The molecule has 0 aliphatic heterocycles. The SMILES string of the molecule is Cc1ccc(S(=O)(=O)N(c2ccc3c(c2)C(=O)c2ccccc2-3)S(=O)(=O)c2ccc(C)cc2)cc1. The van der Waals surface area contributed by atoms with Crippen molar-refractivity contribution >= 4 is 31.5 Å². The molecule has 0 spiro atoms. The lowest BCUT2D eigenvalue weighted by Crippen LogP contribution is -2.37. The second kappa shape index (κ2) is 8.18. The van der Waals surface area contributed by atoms with Gasteiger partial charge < -0.3 is 0 Å². The number of carbonyl (C=O) groups excluding carboxylic acids is 1. The Bertz CT molecular complexity index is 1610. The van der Waals surface area contributed by atoms with Crippen LogP contribution in [-0.4, -0.2) is 22.6 Å². The van der Waals surface area contributed by atoms with Gasteiger partial charge in [-0.1, -0.05) is 65.7 Å². The highest BCUT2D eigenvalue weighted by Crippen LogP contribution is 2.40. The molecule has 5 rings (SSSR count). The number of fused-ring (bicyclic) bond motifs is 3. The lowest BCUT2D eigenvalue weighted by Gasteiger charge is -2.25. The Morgan fingerprint density at radius 2 is 1.00 bits per heavy atom. The Morgan fingerprint density at radius 3 is 1.51 bits per heavy atom. The molecule has 8 heteroatoms. The minimum absolute atomic E-state index is 0.133. The third-order valence-corrected chi connectivity index (χ3v) is 10.2. The van der Waals surface area contributed by atoms with Gasteiger partial charge in [0.05, 0.1) is 15.5 Å². The summed E-state index contributed by atoms with van der Waals surface area (Å²) in [6.07, 6.45) is 0. The molecule has 0 radical (unpaired) electrons. The molecule has 0 heterocycles. The maximum atomic E-state index is 13.8. The molecule has 35 heavy (non-hydrogen) atoms. The standard InChI is InChI=1S/C27H21NO5S2/c1-18-7-12-21(13-8-18)34(30,31)28(35(32,33)22-14-9-19(2)10-15-22)20-11-16-24-23-5-3-4-6-25(23)27(29)26(24)17-20/h3-17H,1-2H3. The zero-order chi connectivity index (χ0) is 25.0. The van der Waals surface area contributed by atoms with Gasteiger partial charge >= 0.3 is 0 Å². The summed E-state index contributed by atoms with van der Waals surface area (Å²) in [4.78, 5) is 12.7. The third-order valence-electron chi connectivity index (χ3n) is 5.99. The lowest BCUT2D eigenvalue weighted by atomic mass is 10.1. The zero-order valence-electron chi connectivity index (χ0n) is 19.0. The molecule has 0 saturated heterocycles. The van der Waals surface area contributed by atoms with Crippen molar-refractivity contribution in [2.24, 2.45) is 0 Å². The van der Waals surface area contributed by atoms with E-state index in [-0.39, 0.29) is 26.8 Å². The summed E-state index contributed by atoms with van der Waals surface area (Å²) in [7, 11) is -9.11. The fourth-order valence-electron chi connectivity index (χ4n) is 4.15. The molecule has 1 aliphatic rings. The van der Waals surface area contributed by atoms with Crippen LogP contribution in [0.25, 0.3) is 11.1 Å². The second-order valence-electron chi connectivity index (χ2n) is 8.44. The van der Waals surface area contributed by atoms with Gasteiger partial charge in [0, 0.05) is 11.1 Å². The predicted molar refractivity (Wildman–Crippen MR) is 135 cm³/mol. The van der Waals surface area contributed by atoms with E-state index in [2.05, 4.69) is 0 Å². The van der Waals surface area contributed by atoms with Gasteiger partial charge in [0.1, 0.15) is 0 Å². The Morgan fingerprint density at radius 1 is 0.543 bits per heavy atom. The minimum Gasteiger partial charge on any atom is -0.289 e. The van der Waals surface area contributed by atoms with Gasteiger partial charge in [0.15, 0.2) is 5.78 Å². The lowest BCUT2D eigenvalue weighted by molar-refractivity contribution is 0.104. The molecule has 0 saturated carbocycles. The van der Waals surface area contributed by atoms with Crippen molar-refractivity contribution in [3.63, 3.8) is 0 Å². The topological polar surface area (TPSA) is 88.6 Å². The van der Waals surface area contributed by atoms with Crippen molar-refractivity contribution in [2.75, 3.05) is 3.71 Å². The van der Waals surface area contributed by atoms with Crippen LogP contribution in [0.4, 0.5) is 5.69 Å². The van der Waals surface area contributed by atoms with Crippen LogP contribution in [-0.2, 0) is 20.0 Å².